The van der Waals surface area contributed by atoms with Gasteiger partial charge in [-0.1, -0.05) is 13.0 Å². The Morgan fingerprint density at radius 3 is 1.97 bits per heavy atom. The van der Waals surface area contributed by atoms with Crippen LogP contribution in [0.5, 0.6) is 0 Å². The normalized spacial score (nSPS) is 14.2. The van der Waals surface area contributed by atoms with Gasteiger partial charge in [-0.2, -0.15) is 26.3 Å². The number of hydrogen-bond acceptors (Lipinski definition) is 6. The van der Waals surface area contributed by atoms with E-state index in [0.717, 1.165) is 50.8 Å². The fraction of sp³-hybridized carbons (Fsp3) is 0.632. The Kier molecular flexibility index (Phi) is 12.7. The molecule has 0 saturated heterocycles. The molecular formula is C19H27F6N3O5. The maximum Gasteiger partial charge on any atom is 0.490 e. The van der Waals surface area contributed by atoms with Crippen molar-refractivity contribution in [2.45, 2.75) is 39.2 Å². The fourth-order valence-electron chi connectivity index (χ4n) is 2.58. The Balaban J connectivity index is 0.000000605. The first-order valence-corrected chi connectivity index (χ1v) is 9.66. The number of ether oxygens (including phenoxy) is 1. The van der Waals surface area contributed by atoms with Crippen LogP contribution in [0.1, 0.15) is 24.6 Å². The standard InChI is InChI=1S/C15H25N3O.2C2HF3O2/c1-4-7-17-8-9-18(10-11-19-3)15-14(12-17)6-5-13(2)16-15;2*3-2(4,5)1(6)7/h5-6H,4,7-12H2,1-3H3;2*(H,6,7). The molecule has 1 aliphatic heterocycles. The summed E-state index contributed by atoms with van der Waals surface area (Å²) in [7, 11) is 1.76. The number of halogens is 6. The number of alkyl halides is 6. The third kappa shape index (κ3) is 12.3. The van der Waals surface area contributed by atoms with Crippen LogP contribution in [0.3, 0.4) is 0 Å². The van der Waals surface area contributed by atoms with E-state index in [-0.39, 0.29) is 0 Å². The molecule has 0 fully saturated rings. The van der Waals surface area contributed by atoms with Gasteiger partial charge in [-0.25, -0.2) is 14.6 Å². The minimum Gasteiger partial charge on any atom is -0.475 e. The summed E-state index contributed by atoms with van der Waals surface area (Å²) in [6, 6.07) is 4.34. The average molecular weight is 491 g/mol. The number of aliphatic carboxylic acids is 2. The number of aryl methyl sites for hydroxylation is 1. The number of nitrogens with zero attached hydrogens (tertiary/aromatic N) is 3. The van der Waals surface area contributed by atoms with Crippen LogP contribution in [0.15, 0.2) is 12.1 Å². The van der Waals surface area contributed by atoms with Crippen LogP contribution >= 0.6 is 0 Å². The van der Waals surface area contributed by atoms with Gasteiger partial charge >= 0.3 is 24.3 Å². The van der Waals surface area contributed by atoms with Gasteiger partial charge in [0.2, 0.25) is 0 Å². The van der Waals surface area contributed by atoms with E-state index in [9.17, 15) is 26.3 Å². The van der Waals surface area contributed by atoms with Crippen molar-refractivity contribution < 1.29 is 50.9 Å². The number of carbonyl (C=O) groups is 2. The lowest BCUT2D eigenvalue weighted by Gasteiger charge is -2.23. The van der Waals surface area contributed by atoms with Gasteiger partial charge < -0.3 is 19.8 Å². The van der Waals surface area contributed by atoms with Crippen molar-refractivity contribution >= 4 is 17.8 Å². The SMILES string of the molecule is CCCN1CCN(CCOC)c2nc(C)ccc2C1.O=C(O)C(F)(F)F.O=C(O)C(F)(F)F. The highest BCUT2D eigenvalue weighted by molar-refractivity contribution is 5.73. The lowest BCUT2D eigenvalue weighted by atomic mass is 10.2. The Morgan fingerprint density at radius 2 is 1.55 bits per heavy atom. The number of fused-ring (bicyclic) bond motifs is 1. The van der Waals surface area contributed by atoms with Gasteiger partial charge in [0.05, 0.1) is 6.61 Å². The van der Waals surface area contributed by atoms with Gasteiger partial charge in [-0.15, -0.1) is 0 Å². The smallest absolute Gasteiger partial charge is 0.475 e. The minimum absolute atomic E-state index is 0.753. The van der Waals surface area contributed by atoms with Crippen LogP contribution in [0.4, 0.5) is 32.2 Å². The molecule has 1 aromatic rings. The zero-order valence-electron chi connectivity index (χ0n) is 18.3. The molecule has 2 rings (SSSR count). The van der Waals surface area contributed by atoms with E-state index in [1.165, 1.54) is 12.0 Å². The molecule has 0 atom stereocenters. The highest BCUT2D eigenvalue weighted by Crippen LogP contribution is 2.23. The molecule has 2 N–H and O–H groups in total. The second-order valence-corrected chi connectivity index (χ2v) is 6.80. The first-order chi connectivity index (χ1) is 15.1. The van der Waals surface area contributed by atoms with Crippen molar-refractivity contribution in [1.82, 2.24) is 9.88 Å². The van der Waals surface area contributed by atoms with Crippen LogP contribution in [-0.2, 0) is 20.9 Å². The van der Waals surface area contributed by atoms with Crippen molar-refractivity contribution in [2.24, 2.45) is 0 Å². The van der Waals surface area contributed by atoms with Crippen LogP contribution in [0, 0.1) is 6.92 Å². The molecular weight excluding hydrogens is 464 g/mol. The van der Waals surface area contributed by atoms with Gasteiger partial charge in [0.1, 0.15) is 5.82 Å². The van der Waals surface area contributed by atoms with Crippen molar-refractivity contribution in [2.75, 3.05) is 44.8 Å². The number of carboxylic acids is 2. The first-order valence-electron chi connectivity index (χ1n) is 9.66. The van der Waals surface area contributed by atoms with E-state index >= 15 is 0 Å². The number of carboxylic acid groups (broad SMARTS) is 2. The van der Waals surface area contributed by atoms with Crippen LogP contribution < -0.4 is 4.90 Å². The van der Waals surface area contributed by atoms with E-state index in [1.54, 1.807) is 7.11 Å². The quantitative estimate of drug-likeness (QED) is 0.605. The molecule has 0 spiro atoms. The van der Waals surface area contributed by atoms with Crippen molar-refractivity contribution in [3.8, 4) is 0 Å². The minimum atomic E-state index is -5.08. The molecule has 2 heterocycles. The number of aromatic nitrogens is 1. The second-order valence-electron chi connectivity index (χ2n) is 6.80. The predicted octanol–water partition coefficient (Wildman–Crippen LogP) is 3.34. The molecule has 0 unspecified atom stereocenters. The number of methoxy groups -OCH3 is 1. The summed E-state index contributed by atoms with van der Waals surface area (Å²) in [4.78, 5) is 27.4. The molecule has 33 heavy (non-hydrogen) atoms. The molecule has 0 aliphatic carbocycles. The summed E-state index contributed by atoms with van der Waals surface area (Å²) in [5.41, 5.74) is 2.43. The summed E-state index contributed by atoms with van der Waals surface area (Å²) in [6.07, 6.45) is -8.97. The summed E-state index contributed by atoms with van der Waals surface area (Å²) < 4.78 is 68.7. The summed E-state index contributed by atoms with van der Waals surface area (Å²) in [5.74, 6) is -4.37. The summed E-state index contributed by atoms with van der Waals surface area (Å²) >= 11 is 0. The molecule has 0 aromatic carbocycles. The van der Waals surface area contributed by atoms with Crippen LogP contribution in [0.25, 0.3) is 0 Å². The molecule has 0 radical (unpaired) electrons. The molecule has 14 heteroatoms. The number of hydrogen-bond donors (Lipinski definition) is 2. The predicted molar refractivity (Wildman–Crippen MR) is 106 cm³/mol. The van der Waals surface area contributed by atoms with Crippen molar-refractivity contribution in [3.63, 3.8) is 0 Å². The fourth-order valence-corrected chi connectivity index (χ4v) is 2.58. The second kappa shape index (κ2) is 13.8. The van der Waals surface area contributed by atoms with E-state index in [0.29, 0.717) is 0 Å². The summed E-state index contributed by atoms with van der Waals surface area (Å²) in [5, 5.41) is 14.2. The molecule has 0 bridgehead atoms. The molecule has 8 nitrogen and oxygen atoms in total. The maximum absolute atomic E-state index is 10.6. The van der Waals surface area contributed by atoms with Gasteiger partial charge in [-0.3, -0.25) is 4.90 Å². The van der Waals surface area contributed by atoms with E-state index < -0.39 is 24.3 Å². The Labute approximate surface area is 186 Å². The Morgan fingerprint density at radius 1 is 1.03 bits per heavy atom. The molecule has 190 valence electrons. The topological polar surface area (TPSA) is 103 Å². The first kappa shape index (κ1) is 30.4. The number of rotatable bonds is 5. The molecule has 0 amide bonds. The molecule has 0 saturated carbocycles. The third-order valence-electron chi connectivity index (χ3n) is 4.06. The van der Waals surface area contributed by atoms with E-state index in [1.807, 2.05) is 0 Å². The third-order valence-corrected chi connectivity index (χ3v) is 4.06. The van der Waals surface area contributed by atoms with Crippen molar-refractivity contribution in [1.29, 1.82) is 0 Å². The zero-order valence-corrected chi connectivity index (χ0v) is 18.3. The lowest BCUT2D eigenvalue weighted by Crippen LogP contribution is -2.34. The Bertz CT molecular complexity index is 734. The van der Waals surface area contributed by atoms with Crippen molar-refractivity contribution in [3.05, 3.63) is 23.4 Å². The lowest BCUT2D eigenvalue weighted by molar-refractivity contribution is -0.193. The van der Waals surface area contributed by atoms with Gasteiger partial charge in [0.15, 0.2) is 0 Å². The largest absolute Gasteiger partial charge is 0.490 e. The monoisotopic (exact) mass is 491 g/mol. The molecule has 1 aliphatic rings. The van der Waals surface area contributed by atoms with Gasteiger partial charge in [-0.05, 0) is 26.0 Å². The Hall–Kier alpha value is -2.61. The number of pyridine rings is 1. The van der Waals surface area contributed by atoms with Gasteiger partial charge in [0.25, 0.3) is 0 Å². The average Bonchev–Trinajstić information content (AvgIpc) is 2.85. The highest BCUT2D eigenvalue weighted by atomic mass is 19.4. The van der Waals surface area contributed by atoms with Crippen LogP contribution in [-0.4, -0.2) is 84.3 Å². The summed E-state index contributed by atoms with van der Waals surface area (Å²) in [6.45, 7) is 10.3. The van der Waals surface area contributed by atoms with E-state index in [2.05, 4.69) is 35.8 Å². The van der Waals surface area contributed by atoms with E-state index in [4.69, 9.17) is 29.5 Å². The van der Waals surface area contributed by atoms with Gasteiger partial charge in [0, 0.05) is 44.5 Å². The maximum atomic E-state index is 10.6. The number of anilines is 1. The molecule has 1 aromatic heterocycles. The van der Waals surface area contributed by atoms with Crippen LogP contribution in [0.2, 0.25) is 0 Å². The zero-order chi connectivity index (χ0) is 25.8. The highest BCUT2D eigenvalue weighted by Gasteiger charge is 2.38.